The minimum absolute atomic E-state index is 0.0531. The Hall–Kier alpha value is -1.29. The summed E-state index contributed by atoms with van der Waals surface area (Å²) in [6.45, 7) is 3.30. The van der Waals surface area contributed by atoms with Gasteiger partial charge >= 0.3 is 6.18 Å². The van der Waals surface area contributed by atoms with Gasteiger partial charge in [0.25, 0.3) is 0 Å². The zero-order chi connectivity index (χ0) is 11.5. The Morgan fingerprint density at radius 2 is 1.73 bits per heavy atom. The molecule has 0 amide bonds. The molecule has 0 fully saturated rings. The maximum absolute atomic E-state index is 12.8. The monoisotopic (exact) mass is 215 g/mol. The molecule has 0 aliphatic rings. The van der Waals surface area contributed by atoms with Crippen LogP contribution in [-0.4, -0.2) is 6.18 Å². The Labute approximate surface area is 86.4 Å². The van der Waals surface area contributed by atoms with Gasteiger partial charge in [-0.3, -0.25) is 0 Å². The van der Waals surface area contributed by atoms with E-state index < -0.39 is 11.7 Å². The third-order valence-electron chi connectivity index (χ3n) is 2.26. The molecule has 4 heteroatoms. The number of hydrogen-bond donors (Lipinski definition) is 1. The van der Waals surface area contributed by atoms with Crippen LogP contribution in [0, 0.1) is 0 Å². The lowest BCUT2D eigenvalue weighted by Gasteiger charge is -2.31. The Morgan fingerprint density at radius 3 is 2.13 bits per heavy atom. The maximum atomic E-state index is 12.8. The van der Waals surface area contributed by atoms with Gasteiger partial charge in [0.15, 0.2) is 0 Å². The molecule has 0 unspecified atom stereocenters. The molecule has 0 aliphatic carbocycles. The highest BCUT2D eigenvalue weighted by Gasteiger charge is 2.52. The first-order valence-electron chi connectivity index (χ1n) is 4.44. The van der Waals surface area contributed by atoms with Crippen LogP contribution in [0.3, 0.4) is 0 Å². The highest BCUT2D eigenvalue weighted by atomic mass is 19.4. The summed E-state index contributed by atoms with van der Waals surface area (Å²) in [6, 6.07) is 7.46. The molecule has 1 aromatic carbocycles. The predicted molar refractivity (Wildman–Crippen MR) is 53.2 cm³/mol. The van der Waals surface area contributed by atoms with E-state index in [4.69, 9.17) is 5.73 Å². The standard InChI is InChI=1S/C11H12F3N/c1-2-8-10(15,11(12,13)14)9-6-4-3-5-7-9/h2-7H,1,8,15H2/t10-/m1/s1. The van der Waals surface area contributed by atoms with E-state index in [0.29, 0.717) is 0 Å². The zero-order valence-corrected chi connectivity index (χ0v) is 8.09. The Balaban J connectivity index is 3.18. The van der Waals surface area contributed by atoms with Crippen LogP contribution in [0.15, 0.2) is 43.0 Å². The molecule has 1 atom stereocenters. The molecule has 82 valence electrons. The second-order valence-corrected chi connectivity index (χ2v) is 3.33. The van der Waals surface area contributed by atoms with E-state index >= 15 is 0 Å². The quantitative estimate of drug-likeness (QED) is 0.771. The Bertz CT molecular complexity index is 331. The van der Waals surface area contributed by atoms with Crippen molar-refractivity contribution in [3.05, 3.63) is 48.6 Å². The smallest absolute Gasteiger partial charge is 0.314 e. The summed E-state index contributed by atoms with van der Waals surface area (Å²) < 4.78 is 38.4. The largest absolute Gasteiger partial charge is 0.410 e. The minimum Gasteiger partial charge on any atom is -0.314 e. The molecule has 0 saturated heterocycles. The number of alkyl halides is 3. The van der Waals surface area contributed by atoms with E-state index in [2.05, 4.69) is 6.58 Å². The fourth-order valence-corrected chi connectivity index (χ4v) is 1.36. The third-order valence-corrected chi connectivity index (χ3v) is 2.26. The molecular formula is C11H12F3N. The van der Waals surface area contributed by atoms with Gasteiger partial charge in [-0.2, -0.15) is 13.2 Å². The first kappa shape index (κ1) is 11.8. The van der Waals surface area contributed by atoms with Crippen LogP contribution >= 0.6 is 0 Å². The van der Waals surface area contributed by atoms with Gasteiger partial charge < -0.3 is 5.73 Å². The van der Waals surface area contributed by atoms with Crippen LogP contribution in [-0.2, 0) is 5.54 Å². The molecule has 0 radical (unpaired) electrons. The predicted octanol–water partition coefficient (Wildman–Crippen LogP) is 2.98. The molecule has 0 spiro atoms. The van der Waals surface area contributed by atoms with E-state index in [-0.39, 0.29) is 12.0 Å². The van der Waals surface area contributed by atoms with Gasteiger partial charge in [-0.25, -0.2) is 0 Å². The van der Waals surface area contributed by atoms with Crippen molar-refractivity contribution < 1.29 is 13.2 Å². The third kappa shape index (κ3) is 2.21. The summed E-state index contributed by atoms with van der Waals surface area (Å²) >= 11 is 0. The Morgan fingerprint density at radius 1 is 1.20 bits per heavy atom. The average molecular weight is 215 g/mol. The molecule has 0 saturated carbocycles. The molecule has 1 nitrogen and oxygen atoms in total. The fraction of sp³-hybridized carbons (Fsp3) is 0.273. The molecule has 0 bridgehead atoms. The number of halogens is 3. The lowest BCUT2D eigenvalue weighted by molar-refractivity contribution is -0.188. The number of rotatable bonds is 3. The van der Waals surface area contributed by atoms with E-state index in [1.54, 1.807) is 6.07 Å². The SMILES string of the molecule is C=CC[C@@](N)(c1ccccc1)C(F)(F)F. The first-order chi connectivity index (χ1) is 6.92. The molecule has 15 heavy (non-hydrogen) atoms. The molecule has 1 rings (SSSR count). The van der Waals surface area contributed by atoms with Gasteiger partial charge in [-0.1, -0.05) is 36.4 Å². The van der Waals surface area contributed by atoms with Crippen molar-refractivity contribution in [2.45, 2.75) is 18.1 Å². The summed E-state index contributed by atoms with van der Waals surface area (Å²) in [5, 5.41) is 0. The van der Waals surface area contributed by atoms with Crippen LogP contribution in [0.2, 0.25) is 0 Å². The van der Waals surface area contributed by atoms with Gasteiger partial charge in [-0.05, 0) is 12.0 Å². The van der Waals surface area contributed by atoms with Crippen molar-refractivity contribution in [2.24, 2.45) is 5.73 Å². The van der Waals surface area contributed by atoms with Gasteiger partial charge in [-0.15, -0.1) is 6.58 Å². The Kier molecular flexibility index (Phi) is 3.19. The van der Waals surface area contributed by atoms with E-state index in [1.165, 1.54) is 30.3 Å². The van der Waals surface area contributed by atoms with Crippen LogP contribution in [0.5, 0.6) is 0 Å². The fourth-order valence-electron chi connectivity index (χ4n) is 1.36. The summed E-state index contributed by atoms with van der Waals surface area (Å²) in [6.07, 6.45) is -3.64. The van der Waals surface area contributed by atoms with E-state index in [9.17, 15) is 13.2 Å². The average Bonchev–Trinajstić information content (AvgIpc) is 2.18. The summed E-state index contributed by atoms with van der Waals surface area (Å²) in [5.74, 6) is 0. The van der Waals surface area contributed by atoms with Crippen molar-refractivity contribution >= 4 is 0 Å². The zero-order valence-electron chi connectivity index (χ0n) is 8.09. The van der Waals surface area contributed by atoms with Crippen molar-refractivity contribution in [1.29, 1.82) is 0 Å². The van der Waals surface area contributed by atoms with Crippen LogP contribution in [0.4, 0.5) is 13.2 Å². The molecule has 0 heterocycles. The van der Waals surface area contributed by atoms with Crippen molar-refractivity contribution in [3.8, 4) is 0 Å². The molecule has 1 aromatic rings. The molecule has 2 N–H and O–H groups in total. The first-order valence-corrected chi connectivity index (χ1v) is 4.44. The number of benzene rings is 1. The minimum atomic E-state index is -4.48. The second kappa shape index (κ2) is 4.06. The lowest BCUT2D eigenvalue weighted by atomic mass is 9.87. The van der Waals surface area contributed by atoms with Crippen molar-refractivity contribution in [2.75, 3.05) is 0 Å². The van der Waals surface area contributed by atoms with Crippen molar-refractivity contribution in [1.82, 2.24) is 0 Å². The van der Waals surface area contributed by atoms with Crippen LogP contribution in [0.1, 0.15) is 12.0 Å². The van der Waals surface area contributed by atoms with Crippen LogP contribution < -0.4 is 5.73 Å². The van der Waals surface area contributed by atoms with Gasteiger partial charge in [0.05, 0.1) is 0 Å². The summed E-state index contributed by atoms with van der Waals surface area (Å²) in [5.41, 5.74) is 3.13. The van der Waals surface area contributed by atoms with Crippen molar-refractivity contribution in [3.63, 3.8) is 0 Å². The topological polar surface area (TPSA) is 26.0 Å². The van der Waals surface area contributed by atoms with E-state index in [0.717, 1.165) is 0 Å². The maximum Gasteiger partial charge on any atom is 0.410 e. The molecular weight excluding hydrogens is 203 g/mol. The number of nitrogens with two attached hydrogens (primary N) is 1. The lowest BCUT2D eigenvalue weighted by Crippen LogP contribution is -2.50. The molecule has 0 aromatic heterocycles. The van der Waals surface area contributed by atoms with Gasteiger partial charge in [0, 0.05) is 0 Å². The van der Waals surface area contributed by atoms with E-state index in [1.807, 2.05) is 0 Å². The molecule has 0 aliphatic heterocycles. The van der Waals surface area contributed by atoms with Crippen LogP contribution in [0.25, 0.3) is 0 Å². The van der Waals surface area contributed by atoms with Gasteiger partial charge in [0.1, 0.15) is 5.54 Å². The number of hydrogen-bond acceptors (Lipinski definition) is 1. The normalized spacial score (nSPS) is 15.7. The second-order valence-electron chi connectivity index (χ2n) is 3.33. The summed E-state index contributed by atoms with van der Waals surface area (Å²) in [7, 11) is 0. The van der Waals surface area contributed by atoms with Gasteiger partial charge in [0.2, 0.25) is 0 Å². The highest BCUT2D eigenvalue weighted by Crippen LogP contribution is 2.39. The highest BCUT2D eigenvalue weighted by molar-refractivity contribution is 5.26. The summed E-state index contributed by atoms with van der Waals surface area (Å²) in [4.78, 5) is 0.